The fourth-order valence-corrected chi connectivity index (χ4v) is 4.21. The number of amides is 1. The van der Waals surface area contributed by atoms with Crippen molar-refractivity contribution >= 4 is 40.9 Å². The number of hydrogen-bond acceptors (Lipinski definition) is 3. The van der Waals surface area contributed by atoms with Gasteiger partial charge in [0, 0.05) is 12.1 Å². The Balaban J connectivity index is 1.86. The van der Waals surface area contributed by atoms with Crippen LogP contribution in [0.3, 0.4) is 0 Å². The largest absolute Gasteiger partial charge is 0.497 e. The van der Waals surface area contributed by atoms with Gasteiger partial charge >= 0.3 is 0 Å². The summed E-state index contributed by atoms with van der Waals surface area (Å²) in [5.41, 5.74) is 1.92. The summed E-state index contributed by atoms with van der Waals surface area (Å²) in [6.45, 7) is 0.531. The predicted molar refractivity (Wildman–Crippen MR) is 95.2 cm³/mol. The number of thioether (sulfide) groups is 1. The van der Waals surface area contributed by atoms with E-state index in [0.29, 0.717) is 22.3 Å². The summed E-state index contributed by atoms with van der Waals surface area (Å²) < 4.78 is 5.16. The van der Waals surface area contributed by atoms with Gasteiger partial charge in [-0.2, -0.15) is 0 Å². The summed E-state index contributed by atoms with van der Waals surface area (Å²) in [4.78, 5) is 14.1. The summed E-state index contributed by atoms with van der Waals surface area (Å²) in [7, 11) is 1.63. The standard InChI is InChI=1S/C17H15Cl2NO2S/c1-22-12-7-5-11(6-8-12)9-20-15(21)10-23-17(20)13-3-2-4-14(18)16(13)19/h2-8,17H,9-10H2,1H3/t17-/m1/s1. The third-order valence-electron chi connectivity index (χ3n) is 3.73. The van der Waals surface area contributed by atoms with Crippen LogP contribution >= 0.6 is 35.0 Å². The quantitative estimate of drug-likeness (QED) is 0.778. The van der Waals surface area contributed by atoms with Crippen LogP contribution in [0.5, 0.6) is 5.75 Å². The first kappa shape index (κ1) is 16.5. The van der Waals surface area contributed by atoms with Crippen LogP contribution in [0.2, 0.25) is 10.0 Å². The molecule has 0 N–H and O–H groups in total. The molecule has 0 bridgehead atoms. The van der Waals surface area contributed by atoms with E-state index in [1.165, 1.54) is 0 Å². The van der Waals surface area contributed by atoms with Crippen molar-refractivity contribution in [2.75, 3.05) is 12.9 Å². The first-order valence-corrected chi connectivity index (χ1v) is 8.88. The Bertz CT molecular complexity index is 721. The molecule has 6 heteroatoms. The molecule has 0 aromatic heterocycles. The second-order valence-electron chi connectivity index (χ2n) is 5.18. The van der Waals surface area contributed by atoms with Crippen molar-refractivity contribution in [3.8, 4) is 5.75 Å². The van der Waals surface area contributed by atoms with Gasteiger partial charge in [-0.3, -0.25) is 4.79 Å². The number of halogens is 2. The number of nitrogens with zero attached hydrogens (tertiary/aromatic N) is 1. The molecule has 0 unspecified atom stereocenters. The minimum absolute atomic E-state index is 0.104. The van der Waals surface area contributed by atoms with E-state index in [-0.39, 0.29) is 11.3 Å². The number of benzene rings is 2. The van der Waals surface area contributed by atoms with Crippen LogP contribution in [0.15, 0.2) is 42.5 Å². The monoisotopic (exact) mass is 367 g/mol. The number of carbonyl (C=O) groups is 1. The number of carbonyl (C=O) groups excluding carboxylic acids is 1. The van der Waals surface area contributed by atoms with E-state index in [1.807, 2.05) is 41.3 Å². The zero-order chi connectivity index (χ0) is 16.4. The molecule has 1 atom stereocenters. The predicted octanol–water partition coefficient (Wildman–Crippen LogP) is 4.78. The molecule has 3 nitrogen and oxygen atoms in total. The minimum Gasteiger partial charge on any atom is -0.497 e. The van der Waals surface area contributed by atoms with Crippen molar-refractivity contribution in [3.05, 3.63) is 63.6 Å². The Morgan fingerprint density at radius 2 is 1.96 bits per heavy atom. The van der Waals surface area contributed by atoms with Crippen molar-refractivity contribution in [1.29, 1.82) is 0 Å². The number of methoxy groups -OCH3 is 1. The zero-order valence-corrected chi connectivity index (χ0v) is 14.8. The lowest BCUT2D eigenvalue weighted by Gasteiger charge is -2.25. The van der Waals surface area contributed by atoms with Gasteiger partial charge in [0.25, 0.3) is 0 Å². The molecule has 2 aromatic rings. The molecule has 1 aliphatic heterocycles. The van der Waals surface area contributed by atoms with Crippen LogP contribution in [0, 0.1) is 0 Å². The fraction of sp³-hybridized carbons (Fsp3) is 0.235. The van der Waals surface area contributed by atoms with Crippen molar-refractivity contribution in [2.45, 2.75) is 11.9 Å². The first-order valence-electron chi connectivity index (χ1n) is 7.08. The van der Waals surface area contributed by atoms with Gasteiger partial charge in [0.05, 0.1) is 22.9 Å². The van der Waals surface area contributed by atoms with E-state index in [2.05, 4.69) is 0 Å². The average molecular weight is 368 g/mol. The summed E-state index contributed by atoms with van der Waals surface area (Å²) in [5.74, 6) is 1.35. The fourth-order valence-electron chi connectivity index (χ4n) is 2.52. The SMILES string of the molecule is COc1ccc(CN2C(=O)CS[C@@H]2c2cccc(Cl)c2Cl)cc1. The van der Waals surface area contributed by atoms with Gasteiger partial charge in [-0.15, -0.1) is 11.8 Å². The molecule has 23 heavy (non-hydrogen) atoms. The third-order valence-corrected chi connectivity index (χ3v) is 5.80. The highest BCUT2D eigenvalue weighted by Gasteiger charge is 2.34. The molecule has 0 aliphatic carbocycles. The average Bonchev–Trinajstić information content (AvgIpc) is 2.92. The van der Waals surface area contributed by atoms with E-state index in [0.717, 1.165) is 16.9 Å². The molecule has 3 rings (SSSR count). The highest BCUT2D eigenvalue weighted by molar-refractivity contribution is 8.00. The molecule has 1 fully saturated rings. The maximum atomic E-state index is 12.3. The molecule has 2 aromatic carbocycles. The Hall–Kier alpha value is -1.36. The molecule has 1 amide bonds. The summed E-state index contributed by atoms with van der Waals surface area (Å²) in [6.07, 6.45) is 0. The van der Waals surface area contributed by atoms with Gasteiger partial charge in [0.15, 0.2) is 0 Å². The van der Waals surface area contributed by atoms with Crippen LogP contribution in [0.4, 0.5) is 0 Å². The lowest BCUT2D eigenvalue weighted by molar-refractivity contribution is -0.128. The van der Waals surface area contributed by atoms with Gasteiger partial charge in [0.2, 0.25) is 5.91 Å². The van der Waals surface area contributed by atoms with E-state index >= 15 is 0 Å². The number of hydrogen-bond donors (Lipinski definition) is 0. The molecule has 120 valence electrons. The maximum absolute atomic E-state index is 12.3. The third kappa shape index (κ3) is 3.44. The molecule has 1 heterocycles. The Morgan fingerprint density at radius 1 is 1.22 bits per heavy atom. The summed E-state index contributed by atoms with van der Waals surface area (Å²) in [5, 5.41) is 0.908. The topological polar surface area (TPSA) is 29.5 Å². The normalized spacial score (nSPS) is 17.6. The zero-order valence-electron chi connectivity index (χ0n) is 12.5. The van der Waals surface area contributed by atoms with Crippen LogP contribution in [-0.2, 0) is 11.3 Å². The lowest BCUT2D eigenvalue weighted by atomic mass is 10.1. The summed E-state index contributed by atoms with van der Waals surface area (Å²) >= 11 is 14.0. The van der Waals surface area contributed by atoms with Gasteiger partial charge in [0.1, 0.15) is 11.1 Å². The second-order valence-corrected chi connectivity index (χ2v) is 7.03. The molecule has 0 radical (unpaired) electrons. The molecule has 0 saturated carbocycles. The Morgan fingerprint density at radius 3 is 2.65 bits per heavy atom. The van der Waals surface area contributed by atoms with E-state index in [1.54, 1.807) is 24.9 Å². The second kappa shape index (κ2) is 7.04. The van der Waals surface area contributed by atoms with E-state index < -0.39 is 0 Å². The van der Waals surface area contributed by atoms with E-state index in [4.69, 9.17) is 27.9 Å². The van der Waals surface area contributed by atoms with Crippen molar-refractivity contribution in [1.82, 2.24) is 4.90 Å². The molecular formula is C17H15Cl2NO2S. The van der Waals surface area contributed by atoms with Gasteiger partial charge in [-0.25, -0.2) is 0 Å². The lowest BCUT2D eigenvalue weighted by Crippen LogP contribution is -2.27. The van der Waals surface area contributed by atoms with Crippen LogP contribution in [-0.4, -0.2) is 23.7 Å². The van der Waals surface area contributed by atoms with Crippen LogP contribution in [0.25, 0.3) is 0 Å². The summed E-state index contributed by atoms with van der Waals surface area (Å²) in [6, 6.07) is 13.2. The highest BCUT2D eigenvalue weighted by atomic mass is 35.5. The van der Waals surface area contributed by atoms with Crippen LogP contribution < -0.4 is 4.74 Å². The van der Waals surface area contributed by atoms with Crippen LogP contribution in [0.1, 0.15) is 16.5 Å². The molecule has 1 aliphatic rings. The first-order chi connectivity index (χ1) is 11.1. The van der Waals surface area contributed by atoms with Gasteiger partial charge in [-0.1, -0.05) is 47.5 Å². The van der Waals surface area contributed by atoms with Crippen molar-refractivity contribution < 1.29 is 9.53 Å². The Labute approximate surface area is 149 Å². The maximum Gasteiger partial charge on any atom is 0.234 e. The van der Waals surface area contributed by atoms with E-state index in [9.17, 15) is 4.79 Å². The molecule has 0 spiro atoms. The number of rotatable bonds is 4. The number of ether oxygens (including phenoxy) is 1. The molecular weight excluding hydrogens is 353 g/mol. The van der Waals surface area contributed by atoms with Gasteiger partial charge < -0.3 is 9.64 Å². The minimum atomic E-state index is -0.115. The van der Waals surface area contributed by atoms with Crippen molar-refractivity contribution in [3.63, 3.8) is 0 Å². The molecule has 1 saturated heterocycles. The van der Waals surface area contributed by atoms with Crippen molar-refractivity contribution in [2.24, 2.45) is 0 Å². The van der Waals surface area contributed by atoms with Gasteiger partial charge in [-0.05, 0) is 23.8 Å². The smallest absolute Gasteiger partial charge is 0.234 e. The highest BCUT2D eigenvalue weighted by Crippen LogP contribution is 2.43. The Kier molecular flexibility index (Phi) is 5.05.